The molecular weight excluding hydrogens is 380 g/mol. The molecule has 1 heterocycles. The highest BCUT2D eigenvalue weighted by atomic mass is 32.1. The number of nitro benzene ring substituents is 1. The van der Waals surface area contributed by atoms with Crippen molar-refractivity contribution in [2.75, 3.05) is 13.7 Å². The van der Waals surface area contributed by atoms with Gasteiger partial charge in [-0.25, -0.2) is 4.79 Å². The molecule has 3 rings (SSSR count). The number of hydrogen-bond acceptors (Lipinski definition) is 6. The molecule has 2 aromatic carbocycles. The van der Waals surface area contributed by atoms with Crippen LogP contribution in [0.25, 0.3) is 10.1 Å². The Morgan fingerprint density at radius 1 is 1.18 bits per heavy atom. The number of hydrogen-bond donors (Lipinski definition) is 0. The topological polar surface area (TPSA) is 89.8 Å². The lowest BCUT2D eigenvalue weighted by molar-refractivity contribution is -0.384. The number of nitrogens with zero attached hydrogens (tertiary/aromatic N) is 2. The van der Waals surface area contributed by atoms with Gasteiger partial charge in [0.15, 0.2) is 6.61 Å². The summed E-state index contributed by atoms with van der Waals surface area (Å²) in [5, 5.41) is 11.4. The minimum absolute atomic E-state index is 0.0433. The second-order valence-electron chi connectivity index (χ2n) is 6.34. The van der Waals surface area contributed by atoms with Gasteiger partial charge in [-0.2, -0.15) is 0 Å². The highest BCUT2D eigenvalue weighted by molar-refractivity contribution is 7.20. The van der Waals surface area contributed by atoms with Gasteiger partial charge in [0.05, 0.1) is 4.92 Å². The van der Waals surface area contributed by atoms with Crippen LogP contribution in [0.3, 0.4) is 0 Å². The van der Waals surface area contributed by atoms with Crippen molar-refractivity contribution in [3.63, 3.8) is 0 Å². The number of esters is 1. The van der Waals surface area contributed by atoms with E-state index in [9.17, 15) is 19.7 Å². The highest BCUT2D eigenvalue weighted by Gasteiger charge is 2.17. The zero-order valence-electron chi connectivity index (χ0n) is 15.4. The van der Waals surface area contributed by atoms with Crippen LogP contribution in [0.4, 0.5) is 5.69 Å². The van der Waals surface area contributed by atoms with E-state index in [0.29, 0.717) is 16.8 Å². The lowest BCUT2D eigenvalue weighted by Gasteiger charge is -2.18. The fourth-order valence-electron chi connectivity index (χ4n) is 2.68. The molecule has 0 atom stereocenters. The van der Waals surface area contributed by atoms with E-state index in [0.717, 1.165) is 15.8 Å². The van der Waals surface area contributed by atoms with E-state index < -0.39 is 10.9 Å². The van der Waals surface area contributed by atoms with Crippen LogP contribution >= 0.6 is 11.3 Å². The van der Waals surface area contributed by atoms with Crippen LogP contribution in [0.2, 0.25) is 0 Å². The monoisotopic (exact) mass is 398 g/mol. The van der Waals surface area contributed by atoms with E-state index in [4.69, 9.17) is 4.74 Å². The maximum Gasteiger partial charge on any atom is 0.348 e. The molecule has 1 amide bonds. The Balaban J connectivity index is 1.61. The van der Waals surface area contributed by atoms with Crippen molar-refractivity contribution in [3.05, 3.63) is 74.6 Å². The van der Waals surface area contributed by atoms with Crippen LogP contribution in [-0.4, -0.2) is 35.4 Å². The SMILES string of the molecule is Cc1ccccc1CN(C)C(=O)COC(=O)c1cc2cc([N+](=O)[O-])ccc2s1. The Bertz CT molecular complexity index is 1060. The number of non-ortho nitro benzene ring substituents is 1. The van der Waals surface area contributed by atoms with Gasteiger partial charge in [-0.15, -0.1) is 11.3 Å². The predicted molar refractivity (Wildman–Crippen MR) is 106 cm³/mol. The first-order valence-electron chi connectivity index (χ1n) is 8.48. The number of fused-ring (bicyclic) bond motifs is 1. The molecule has 0 spiro atoms. The molecule has 0 fully saturated rings. The maximum atomic E-state index is 12.3. The molecule has 28 heavy (non-hydrogen) atoms. The van der Waals surface area contributed by atoms with Gasteiger partial charge < -0.3 is 9.64 Å². The van der Waals surface area contributed by atoms with E-state index in [-0.39, 0.29) is 18.2 Å². The first-order chi connectivity index (χ1) is 13.3. The summed E-state index contributed by atoms with van der Waals surface area (Å²) >= 11 is 1.17. The minimum atomic E-state index is -0.624. The van der Waals surface area contributed by atoms with Gasteiger partial charge in [-0.3, -0.25) is 14.9 Å². The number of nitro groups is 1. The summed E-state index contributed by atoms with van der Waals surface area (Å²) in [5.74, 6) is -0.935. The van der Waals surface area contributed by atoms with Crippen LogP contribution in [-0.2, 0) is 16.1 Å². The van der Waals surface area contributed by atoms with Gasteiger partial charge in [0, 0.05) is 35.8 Å². The summed E-state index contributed by atoms with van der Waals surface area (Å²) in [7, 11) is 1.65. The van der Waals surface area contributed by atoms with E-state index in [1.165, 1.54) is 34.4 Å². The molecule has 8 heteroatoms. The second-order valence-corrected chi connectivity index (χ2v) is 7.43. The molecule has 0 saturated heterocycles. The largest absolute Gasteiger partial charge is 0.451 e. The van der Waals surface area contributed by atoms with Crippen molar-refractivity contribution in [2.24, 2.45) is 0 Å². The number of carbonyl (C=O) groups excluding carboxylic acids is 2. The lowest BCUT2D eigenvalue weighted by Crippen LogP contribution is -2.31. The van der Waals surface area contributed by atoms with Crippen molar-refractivity contribution in [1.82, 2.24) is 4.90 Å². The van der Waals surface area contributed by atoms with Gasteiger partial charge >= 0.3 is 5.97 Å². The number of benzene rings is 2. The molecule has 0 aliphatic rings. The van der Waals surface area contributed by atoms with Crippen molar-refractivity contribution < 1.29 is 19.2 Å². The molecule has 144 valence electrons. The molecule has 0 radical (unpaired) electrons. The summed E-state index contributed by atoms with van der Waals surface area (Å²) in [5.41, 5.74) is 2.06. The van der Waals surface area contributed by atoms with Crippen molar-refractivity contribution >= 4 is 39.0 Å². The molecule has 3 aromatic rings. The molecule has 0 saturated carbocycles. The van der Waals surface area contributed by atoms with E-state index in [1.54, 1.807) is 13.1 Å². The molecule has 0 aliphatic heterocycles. The Hall–Kier alpha value is -3.26. The van der Waals surface area contributed by atoms with Crippen LogP contribution in [0.1, 0.15) is 20.8 Å². The normalized spacial score (nSPS) is 10.6. The third-order valence-electron chi connectivity index (χ3n) is 4.33. The fourth-order valence-corrected chi connectivity index (χ4v) is 3.62. The van der Waals surface area contributed by atoms with Gasteiger partial charge in [0.25, 0.3) is 11.6 Å². The van der Waals surface area contributed by atoms with Crippen LogP contribution in [0.5, 0.6) is 0 Å². The Kier molecular flexibility index (Phi) is 5.70. The minimum Gasteiger partial charge on any atom is -0.451 e. The Labute approximate surface area is 165 Å². The summed E-state index contributed by atoms with van der Waals surface area (Å²) in [4.78, 5) is 36.7. The number of amides is 1. The number of carbonyl (C=O) groups is 2. The van der Waals surface area contributed by atoms with Crippen LogP contribution < -0.4 is 0 Å². The Morgan fingerprint density at radius 2 is 1.93 bits per heavy atom. The van der Waals surface area contributed by atoms with Crippen molar-refractivity contribution in [2.45, 2.75) is 13.5 Å². The molecule has 0 N–H and O–H groups in total. The van der Waals surface area contributed by atoms with Crippen molar-refractivity contribution in [1.29, 1.82) is 0 Å². The average Bonchev–Trinajstić information content (AvgIpc) is 3.10. The zero-order chi connectivity index (χ0) is 20.3. The molecule has 0 bridgehead atoms. The molecule has 0 aliphatic carbocycles. The average molecular weight is 398 g/mol. The summed E-state index contributed by atoms with van der Waals surface area (Å²) in [6.45, 7) is 2.03. The first kappa shape index (κ1) is 19.5. The number of aryl methyl sites for hydroxylation is 1. The van der Waals surface area contributed by atoms with Gasteiger partial charge in [0.2, 0.25) is 0 Å². The van der Waals surface area contributed by atoms with Gasteiger partial charge in [0.1, 0.15) is 4.88 Å². The summed E-state index contributed by atoms with van der Waals surface area (Å²) in [6, 6.07) is 13.7. The number of thiophene rings is 1. The van der Waals surface area contributed by atoms with Gasteiger partial charge in [-0.05, 0) is 30.2 Å². The number of ether oxygens (including phenoxy) is 1. The number of likely N-dealkylation sites (N-methyl/N-ethyl adjacent to an activating group) is 1. The van der Waals surface area contributed by atoms with E-state index in [2.05, 4.69) is 0 Å². The molecule has 7 nitrogen and oxygen atoms in total. The van der Waals surface area contributed by atoms with E-state index >= 15 is 0 Å². The van der Waals surface area contributed by atoms with Gasteiger partial charge in [-0.1, -0.05) is 24.3 Å². The predicted octanol–water partition coefficient (Wildman–Crippen LogP) is 3.93. The van der Waals surface area contributed by atoms with E-state index in [1.807, 2.05) is 31.2 Å². The zero-order valence-corrected chi connectivity index (χ0v) is 16.2. The van der Waals surface area contributed by atoms with Crippen molar-refractivity contribution in [3.8, 4) is 0 Å². The summed E-state index contributed by atoms with van der Waals surface area (Å²) in [6.07, 6.45) is 0. The smallest absolute Gasteiger partial charge is 0.348 e. The molecular formula is C20H18N2O5S. The van der Waals surface area contributed by atoms with Crippen LogP contribution in [0, 0.1) is 17.0 Å². The quantitative estimate of drug-likeness (QED) is 0.356. The fraction of sp³-hybridized carbons (Fsp3) is 0.200. The highest BCUT2D eigenvalue weighted by Crippen LogP contribution is 2.29. The number of rotatable bonds is 6. The third-order valence-corrected chi connectivity index (χ3v) is 5.43. The standard InChI is InChI=1S/C20H18N2O5S/c1-13-5-3-4-6-14(13)11-21(2)19(23)12-27-20(24)18-10-15-9-16(22(25)26)7-8-17(15)28-18/h3-10H,11-12H2,1-2H3. The lowest BCUT2D eigenvalue weighted by atomic mass is 10.1. The summed E-state index contributed by atoms with van der Waals surface area (Å²) < 4.78 is 5.87. The third kappa shape index (κ3) is 4.34. The van der Waals surface area contributed by atoms with Crippen LogP contribution in [0.15, 0.2) is 48.5 Å². The maximum absolute atomic E-state index is 12.3. The first-order valence-corrected chi connectivity index (χ1v) is 9.30. The molecule has 1 aromatic heterocycles. The molecule has 0 unspecified atom stereocenters. The Morgan fingerprint density at radius 3 is 2.64 bits per heavy atom. The second kappa shape index (κ2) is 8.18.